The maximum Gasteiger partial charge on any atom is 0.407 e. The van der Waals surface area contributed by atoms with E-state index in [2.05, 4.69) is 44.4 Å². The molecule has 3 heterocycles. The Morgan fingerprint density at radius 1 is 0.951 bits per heavy atom. The Kier molecular flexibility index (Phi) is 7.65. The van der Waals surface area contributed by atoms with E-state index in [1.807, 2.05) is 42.2 Å². The summed E-state index contributed by atoms with van der Waals surface area (Å²) >= 11 is 0. The monoisotopic (exact) mass is 553 g/mol. The van der Waals surface area contributed by atoms with Crippen molar-refractivity contribution in [2.24, 2.45) is 0 Å². The Hall–Kier alpha value is -4.12. The van der Waals surface area contributed by atoms with Crippen LogP contribution in [-0.4, -0.2) is 62.6 Å². The van der Waals surface area contributed by atoms with E-state index < -0.39 is 6.09 Å². The molecular weight excluding hydrogens is 514 g/mol. The lowest BCUT2D eigenvalue weighted by Gasteiger charge is -2.33. The second-order valence-corrected chi connectivity index (χ2v) is 12.4. The average Bonchev–Trinajstić information content (AvgIpc) is 3.19. The van der Waals surface area contributed by atoms with E-state index >= 15 is 0 Å². The number of hydrogen-bond donors (Lipinski definition) is 1. The van der Waals surface area contributed by atoms with E-state index in [0.717, 1.165) is 46.7 Å². The summed E-state index contributed by atoms with van der Waals surface area (Å²) in [7, 11) is 0. The predicted octanol–water partition coefficient (Wildman–Crippen LogP) is 5.89. The number of fused-ring (bicyclic) bond motifs is 1. The molecule has 1 fully saturated rings. The van der Waals surface area contributed by atoms with Crippen molar-refractivity contribution in [1.82, 2.24) is 19.4 Å². The quantitative estimate of drug-likeness (QED) is 0.436. The number of carboxylic acid groups (broad SMARTS) is 1. The summed E-state index contributed by atoms with van der Waals surface area (Å²) in [6.07, 6.45) is 2.07. The van der Waals surface area contributed by atoms with Crippen LogP contribution in [0.25, 0.3) is 11.4 Å². The van der Waals surface area contributed by atoms with E-state index in [9.17, 15) is 14.7 Å². The molecule has 0 spiro atoms. The Morgan fingerprint density at radius 2 is 1.61 bits per heavy atom. The van der Waals surface area contributed by atoms with Gasteiger partial charge in [-0.1, -0.05) is 18.2 Å². The van der Waals surface area contributed by atoms with Gasteiger partial charge in [-0.3, -0.25) is 4.79 Å². The number of nitrogens with zero attached hydrogens (tertiary/aromatic N) is 5. The van der Waals surface area contributed by atoms with Crippen LogP contribution in [0.15, 0.2) is 36.4 Å². The highest BCUT2D eigenvalue weighted by Gasteiger charge is 2.31. The van der Waals surface area contributed by atoms with Crippen LogP contribution in [0, 0.1) is 25.2 Å². The van der Waals surface area contributed by atoms with Gasteiger partial charge in [0.1, 0.15) is 5.82 Å². The number of likely N-dealkylation sites (tertiary alicyclic amines) is 1. The minimum atomic E-state index is -0.892. The molecule has 2 amide bonds. The SMILES string of the molecule is Cc1cc(C)c(-c2nc3c(n2C(C)(C)C)CCN(C(=O)O)CC3)cc1C(=O)N1CCC(c2ccc(C#N)cc2)CC1. The van der Waals surface area contributed by atoms with Crippen molar-refractivity contribution in [3.05, 3.63) is 75.6 Å². The first-order chi connectivity index (χ1) is 19.5. The van der Waals surface area contributed by atoms with E-state index in [0.29, 0.717) is 56.1 Å². The van der Waals surface area contributed by atoms with Gasteiger partial charge in [-0.25, -0.2) is 9.78 Å². The van der Waals surface area contributed by atoms with Gasteiger partial charge in [-0.2, -0.15) is 5.26 Å². The number of rotatable bonds is 3. The van der Waals surface area contributed by atoms with Crippen molar-refractivity contribution >= 4 is 12.0 Å². The molecule has 3 aromatic rings. The fourth-order valence-electron chi connectivity index (χ4n) is 6.38. The zero-order valence-corrected chi connectivity index (χ0v) is 24.7. The minimum Gasteiger partial charge on any atom is -0.465 e. The Balaban J connectivity index is 1.43. The third kappa shape index (κ3) is 5.58. The number of nitriles is 1. The molecule has 41 heavy (non-hydrogen) atoms. The number of carbonyl (C=O) groups excluding carboxylic acids is 1. The normalized spacial score (nSPS) is 16.2. The second kappa shape index (κ2) is 11.0. The summed E-state index contributed by atoms with van der Waals surface area (Å²) in [5.41, 5.74) is 7.31. The van der Waals surface area contributed by atoms with Gasteiger partial charge >= 0.3 is 6.09 Å². The van der Waals surface area contributed by atoms with Gasteiger partial charge in [-0.15, -0.1) is 0 Å². The molecule has 0 radical (unpaired) electrons. The lowest BCUT2D eigenvalue weighted by molar-refractivity contribution is 0.0712. The highest BCUT2D eigenvalue weighted by atomic mass is 16.4. The summed E-state index contributed by atoms with van der Waals surface area (Å²) in [6.45, 7) is 12.8. The molecule has 8 nitrogen and oxygen atoms in total. The topological polar surface area (TPSA) is 102 Å². The first-order valence-corrected chi connectivity index (χ1v) is 14.5. The van der Waals surface area contributed by atoms with Gasteiger partial charge in [0.25, 0.3) is 5.91 Å². The molecule has 0 atom stereocenters. The largest absolute Gasteiger partial charge is 0.465 e. The maximum absolute atomic E-state index is 13.9. The van der Waals surface area contributed by atoms with Crippen molar-refractivity contribution in [2.75, 3.05) is 26.2 Å². The third-order valence-electron chi connectivity index (χ3n) is 8.57. The minimum absolute atomic E-state index is 0.0505. The Labute approximate surface area is 242 Å². The Bertz CT molecular complexity index is 1520. The molecular formula is C33H39N5O3. The number of benzene rings is 2. The van der Waals surface area contributed by atoms with Gasteiger partial charge in [0.05, 0.1) is 17.3 Å². The molecule has 0 bridgehead atoms. The first kappa shape index (κ1) is 28.4. The number of carbonyl (C=O) groups is 2. The van der Waals surface area contributed by atoms with Crippen LogP contribution in [0.1, 0.15) is 83.5 Å². The number of amides is 2. The highest BCUT2D eigenvalue weighted by Crippen LogP contribution is 2.35. The number of hydrogen-bond acceptors (Lipinski definition) is 4. The van der Waals surface area contributed by atoms with Gasteiger partial charge < -0.3 is 19.5 Å². The molecule has 1 N–H and O–H groups in total. The van der Waals surface area contributed by atoms with Crippen LogP contribution >= 0.6 is 0 Å². The van der Waals surface area contributed by atoms with Crippen molar-refractivity contribution in [2.45, 2.75) is 71.8 Å². The summed E-state index contributed by atoms with van der Waals surface area (Å²) in [4.78, 5) is 34.0. The summed E-state index contributed by atoms with van der Waals surface area (Å²) in [6, 6.07) is 14.1. The van der Waals surface area contributed by atoms with Crippen molar-refractivity contribution < 1.29 is 14.7 Å². The third-order valence-corrected chi connectivity index (χ3v) is 8.57. The fourth-order valence-corrected chi connectivity index (χ4v) is 6.38. The van der Waals surface area contributed by atoms with E-state index in [1.165, 1.54) is 10.5 Å². The summed E-state index contributed by atoms with van der Waals surface area (Å²) in [5.74, 6) is 1.28. The van der Waals surface area contributed by atoms with Crippen molar-refractivity contribution in [3.8, 4) is 17.5 Å². The van der Waals surface area contributed by atoms with Crippen molar-refractivity contribution in [3.63, 3.8) is 0 Å². The summed E-state index contributed by atoms with van der Waals surface area (Å²) in [5, 5.41) is 18.6. The highest BCUT2D eigenvalue weighted by molar-refractivity contribution is 5.97. The molecule has 214 valence electrons. The molecule has 2 aliphatic heterocycles. The first-order valence-electron chi connectivity index (χ1n) is 14.5. The molecule has 1 saturated heterocycles. The van der Waals surface area contributed by atoms with Crippen LogP contribution in [0.3, 0.4) is 0 Å². The van der Waals surface area contributed by atoms with Gasteiger partial charge in [0.2, 0.25) is 0 Å². The number of aryl methyl sites for hydroxylation is 2. The molecule has 0 unspecified atom stereocenters. The molecule has 2 aromatic carbocycles. The zero-order chi connectivity index (χ0) is 29.5. The van der Waals surface area contributed by atoms with Crippen LogP contribution in [0.2, 0.25) is 0 Å². The maximum atomic E-state index is 13.9. The van der Waals surface area contributed by atoms with Gasteiger partial charge in [-0.05, 0) is 88.3 Å². The molecule has 0 aliphatic carbocycles. The fraction of sp³-hybridized carbons (Fsp3) is 0.455. The van der Waals surface area contributed by atoms with E-state index in [1.54, 1.807) is 0 Å². The number of piperidine rings is 1. The van der Waals surface area contributed by atoms with Gasteiger partial charge in [0, 0.05) is 61.4 Å². The Morgan fingerprint density at radius 3 is 2.22 bits per heavy atom. The second-order valence-electron chi connectivity index (χ2n) is 12.4. The van der Waals surface area contributed by atoms with Crippen LogP contribution < -0.4 is 0 Å². The molecule has 5 rings (SSSR count). The van der Waals surface area contributed by atoms with Gasteiger partial charge in [0.15, 0.2) is 0 Å². The zero-order valence-electron chi connectivity index (χ0n) is 24.7. The molecule has 8 heteroatoms. The van der Waals surface area contributed by atoms with Crippen LogP contribution in [-0.2, 0) is 18.4 Å². The number of aromatic nitrogens is 2. The van der Waals surface area contributed by atoms with Crippen LogP contribution in [0.4, 0.5) is 4.79 Å². The van der Waals surface area contributed by atoms with E-state index in [-0.39, 0.29) is 11.4 Å². The molecule has 0 saturated carbocycles. The number of imidazole rings is 1. The lowest BCUT2D eigenvalue weighted by Crippen LogP contribution is -2.38. The standard InChI is InChI=1S/C33H39N5O3/c1-21-18-22(2)27(31(39)36-14-10-25(11-15-36)24-8-6-23(20-34)7-9-24)19-26(21)30-35-28-12-16-37(32(40)41)17-13-29(28)38(30)33(3,4)5/h6-9,18-19,25H,10-17H2,1-5H3,(H,40,41). The van der Waals surface area contributed by atoms with Crippen molar-refractivity contribution in [1.29, 1.82) is 5.26 Å². The molecule has 2 aliphatic rings. The van der Waals surface area contributed by atoms with Crippen LogP contribution in [0.5, 0.6) is 0 Å². The lowest BCUT2D eigenvalue weighted by atomic mass is 9.88. The molecule has 1 aromatic heterocycles. The van der Waals surface area contributed by atoms with E-state index in [4.69, 9.17) is 10.2 Å². The predicted molar refractivity (Wildman–Crippen MR) is 158 cm³/mol. The average molecular weight is 554 g/mol. The smallest absolute Gasteiger partial charge is 0.407 e. The summed E-state index contributed by atoms with van der Waals surface area (Å²) < 4.78 is 2.25.